The molecule has 0 saturated carbocycles. The Hall–Kier alpha value is -2.80. The molecule has 0 saturated heterocycles. The molecule has 26 heavy (non-hydrogen) atoms. The van der Waals surface area contributed by atoms with E-state index in [1.54, 1.807) is 0 Å². The Morgan fingerprint density at radius 3 is 2.12 bits per heavy atom. The van der Waals surface area contributed by atoms with Crippen LogP contribution in [0.1, 0.15) is 25.0 Å². The van der Waals surface area contributed by atoms with Gasteiger partial charge in [-0.2, -0.15) is 0 Å². The summed E-state index contributed by atoms with van der Waals surface area (Å²) in [5.74, 6) is 0.427. The third kappa shape index (κ3) is 4.86. The average Bonchev–Trinajstić information content (AvgIpc) is 2.68. The minimum absolute atomic E-state index is 0.427. The fourth-order valence-electron chi connectivity index (χ4n) is 2.92. The lowest BCUT2D eigenvalue weighted by atomic mass is 9.99. The molecule has 0 aliphatic carbocycles. The number of benzene rings is 3. The van der Waals surface area contributed by atoms with Crippen molar-refractivity contribution in [2.75, 3.05) is 5.32 Å². The summed E-state index contributed by atoms with van der Waals surface area (Å²) in [5, 5.41) is 3.38. The van der Waals surface area contributed by atoms with Gasteiger partial charge in [-0.3, -0.25) is 0 Å². The van der Waals surface area contributed by atoms with E-state index in [-0.39, 0.29) is 0 Å². The van der Waals surface area contributed by atoms with Crippen molar-refractivity contribution < 1.29 is 0 Å². The van der Waals surface area contributed by atoms with Crippen LogP contribution in [0.15, 0.2) is 91.1 Å². The zero-order chi connectivity index (χ0) is 18.4. The van der Waals surface area contributed by atoms with Crippen molar-refractivity contribution in [3.63, 3.8) is 0 Å². The molecule has 0 fully saturated rings. The topological polar surface area (TPSA) is 12.0 Å². The van der Waals surface area contributed by atoms with Gasteiger partial charge in [-0.25, -0.2) is 0 Å². The first-order valence-corrected chi connectivity index (χ1v) is 9.31. The van der Waals surface area contributed by atoms with Crippen LogP contribution in [-0.4, -0.2) is 0 Å². The zero-order valence-corrected chi connectivity index (χ0v) is 15.7. The third-order valence-electron chi connectivity index (χ3n) is 4.69. The number of allylic oxidation sites excluding steroid dienone is 1. The van der Waals surface area contributed by atoms with Gasteiger partial charge >= 0.3 is 0 Å². The number of nitrogens with one attached hydrogen (secondary N) is 1. The minimum atomic E-state index is 0.427. The minimum Gasteiger partial charge on any atom is -0.359 e. The van der Waals surface area contributed by atoms with Crippen LogP contribution in [0.25, 0.3) is 11.1 Å². The van der Waals surface area contributed by atoms with Crippen molar-refractivity contribution in [1.29, 1.82) is 0 Å². The fraction of sp³-hybridized carbons (Fsp3) is 0.200. The summed E-state index contributed by atoms with van der Waals surface area (Å²) < 4.78 is 0. The lowest BCUT2D eigenvalue weighted by Gasteiger charge is -2.13. The molecular formula is C25H27N. The van der Waals surface area contributed by atoms with Gasteiger partial charge in [-0.05, 0) is 53.1 Å². The maximum Gasteiger partial charge on any atom is 0.0382 e. The maximum absolute atomic E-state index is 4.08. The molecule has 0 amide bonds. The molecule has 0 spiro atoms. The molecule has 0 bridgehead atoms. The number of aryl methyl sites for hydroxylation is 2. The lowest BCUT2D eigenvalue weighted by molar-refractivity contribution is 0.778. The van der Waals surface area contributed by atoms with Crippen molar-refractivity contribution in [3.8, 4) is 11.1 Å². The normalized spacial score (nSPS) is 10.7. The van der Waals surface area contributed by atoms with E-state index in [9.17, 15) is 0 Å². The maximum atomic E-state index is 4.08. The lowest BCUT2D eigenvalue weighted by Crippen LogP contribution is -2.04. The summed E-state index contributed by atoms with van der Waals surface area (Å²) in [6.07, 6.45) is 2.14. The molecule has 1 heteroatoms. The van der Waals surface area contributed by atoms with Crippen molar-refractivity contribution in [2.45, 2.75) is 26.7 Å². The van der Waals surface area contributed by atoms with Gasteiger partial charge in [-0.1, -0.05) is 87.2 Å². The standard InChI is InChI=1S/C25H27N/c1-19(2)20(3)26-25-16-14-23(15-17-25)24-11-7-10-22(18-24)13-12-21-8-5-4-6-9-21/h4-11,14-19,26H,3,12-13H2,1-2H3. The quantitative estimate of drug-likeness (QED) is 0.503. The molecular weight excluding hydrogens is 314 g/mol. The van der Waals surface area contributed by atoms with E-state index in [0.717, 1.165) is 24.2 Å². The van der Waals surface area contributed by atoms with Gasteiger partial charge in [0.15, 0.2) is 0 Å². The number of hydrogen-bond acceptors (Lipinski definition) is 1. The summed E-state index contributed by atoms with van der Waals surface area (Å²) in [6, 6.07) is 28.1. The smallest absolute Gasteiger partial charge is 0.0382 e. The number of anilines is 1. The van der Waals surface area contributed by atoms with E-state index in [2.05, 4.69) is 105 Å². The molecule has 0 aliphatic rings. The van der Waals surface area contributed by atoms with E-state index in [1.165, 1.54) is 22.3 Å². The van der Waals surface area contributed by atoms with Gasteiger partial charge in [0.25, 0.3) is 0 Å². The molecule has 1 nitrogen and oxygen atoms in total. The van der Waals surface area contributed by atoms with Crippen LogP contribution in [-0.2, 0) is 12.8 Å². The summed E-state index contributed by atoms with van der Waals surface area (Å²) in [4.78, 5) is 0. The molecule has 0 heterocycles. The second-order valence-electron chi connectivity index (χ2n) is 7.07. The Bertz CT molecular complexity index is 845. The van der Waals surface area contributed by atoms with E-state index in [4.69, 9.17) is 0 Å². The van der Waals surface area contributed by atoms with Crippen LogP contribution < -0.4 is 5.32 Å². The molecule has 3 aromatic rings. The van der Waals surface area contributed by atoms with Crippen molar-refractivity contribution in [1.82, 2.24) is 0 Å². The summed E-state index contributed by atoms with van der Waals surface area (Å²) >= 11 is 0. The van der Waals surface area contributed by atoms with E-state index < -0.39 is 0 Å². The molecule has 0 aliphatic heterocycles. The molecule has 0 atom stereocenters. The molecule has 3 aromatic carbocycles. The Morgan fingerprint density at radius 1 is 0.769 bits per heavy atom. The van der Waals surface area contributed by atoms with Gasteiger partial charge in [0, 0.05) is 11.4 Å². The number of rotatable bonds is 7. The Kier molecular flexibility index (Phi) is 5.91. The predicted octanol–water partition coefficient (Wildman–Crippen LogP) is 6.72. The molecule has 0 unspecified atom stereocenters. The van der Waals surface area contributed by atoms with Crippen molar-refractivity contribution >= 4 is 5.69 Å². The average molecular weight is 341 g/mol. The van der Waals surface area contributed by atoms with Crippen LogP contribution in [0.5, 0.6) is 0 Å². The SMILES string of the molecule is C=C(Nc1ccc(-c2cccc(CCc3ccccc3)c2)cc1)C(C)C. The molecule has 3 rings (SSSR count). The van der Waals surface area contributed by atoms with Crippen LogP contribution in [0, 0.1) is 5.92 Å². The number of hydrogen-bond donors (Lipinski definition) is 1. The first-order valence-electron chi connectivity index (χ1n) is 9.31. The molecule has 0 radical (unpaired) electrons. The van der Waals surface area contributed by atoms with Gasteiger partial charge in [0.05, 0.1) is 0 Å². The van der Waals surface area contributed by atoms with Crippen LogP contribution >= 0.6 is 0 Å². The molecule has 1 N–H and O–H groups in total. The fourth-order valence-corrected chi connectivity index (χ4v) is 2.92. The zero-order valence-electron chi connectivity index (χ0n) is 15.7. The summed E-state index contributed by atoms with van der Waals surface area (Å²) in [5.41, 5.74) is 7.41. The van der Waals surface area contributed by atoms with Gasteiger partial charge in [0.2, 0.25) is 0 Å². The van der Waals surface area contributed by atoms with Gasteiger partial charge in [0.1, 0.15) is 0 Å². The second-order valence-corrected chi connectivity index (χ2v) is 7.07. The third-order valence-corrected chi connectivity index (χ3v) is 4.69. The van der Waals surface area contributed by atoms with E-state index in [0.29, 0.717) is 5.92 Å². The Morgan fingerprint density at radius 2 is 1.42 bits per heavy atom. The van der Waals surface area contributed by atoms with Crippen LogP contribution in [0.3, 0.4) is 0 Å². The highest BCUT2D eigenvalue weighted by atomic mass is 14.9. The highest BCUT2D eigenvalue weighted by Crippen LogP contribution is 2.24. The van der Waals surface area contributed by atoms with Crippen molar-refractivity contribution in [3.05, 3.63) is 102 Å². The van der Waals surface area contributed by atoms with Crippen LogP contribution in [0.4, 0.5) is 5.69 Å². The second kappa shape index (κ2) is 8.53. The first-order chi connectivity index (χ1) is 12.6. The summed E-state index contributed by atoms with van der Waals surface area (Å²) in [7, 11) is 0. The molecule has 132 valence electrons. The van der Waals surface area contributed by atoms with E-state index >= 15 is 0 Å². The Balaban J connectivity index is 1.68. The van der Waals surface area contributed by atoms with E-state index in [1.807, 2.05) is 0 Å². The van der Waals surface area contributed by atoms with Crippen LogP contribution in [0.2, 0.25) is 0 Å². The highest BCUT2D eigenvalue weighted by Gasteiger charge is 2.03. The van der Waals surface area contributed by atoms with Gasteiger partial charge in [-0.15, -0.1) is 0 Å². The predicted molar refractivity (Wildman–Crippen MR) is 113 cm³/mol. The van der Waals surface area contributed by atoms with Crippen molar-refractivity contribution in [2.24, 2.45) is 5.92 Å². The first kappa shape index (κ1) is 18.0. The molecule has 0 aromatic heterocycles. The monoisotopic (exact) mass is 341 g/mol. The summed E-state index contributed by atoms with van der Waals surface area (Å²) in [6.45, 7) is 8.36. The van der Waals surface area contributed by atoms with Gasteiger partial charge < -0.3 is 5.32 Å². The highest BCUT2D eigenvalue weighted by molar-refractivity contribution is 5.67. The Labute approximate surface area is 157 Å². The largest absolute Gasteiger partial charge is 0.359 e.